The van der Waals surface area contributed by atoms with Gasteiger partial charge in [-0.2, -0.15) is 0 Å². The molecule has 36 heavy (non-hydrogen) atoms. The number of hydrogen-bond acceptors (Lipinski definition) is 6. The first kappa shape index (κ1) is 24.5. The van der Waals surface area contributed by atoms with Gasteiger partial charge in [0.15, 0.2) is 0 Å². The van der Waals surface area contributed by atoms with Crippen molar-refractivity contribution in [2.75, 3.05) is 6.61 Å². The van der Waals surface area contributed by atoms with E-state index in [2.05, 4.69) is 29.6 Å². The van der Waals surface area contributed by atoms with E-state index in [1.165, 1.54) is 11.1 Å². The quantitative estimate of drug-likeness (QED) is 0.466. The molecule has 0 aliphatic heterocycles. The standard InChI is InChI=1S/C29H34N2O5/c30-20-9-5-7-18(15-20)27(32)36-28(33)19-8-6-10-21(16-19)31-29(34)35-17-26-24-13-3-1-11-22(24)23-12-2-4-14-25(23)26/h1-4,11-14,18-21,26H,5-10,15-17,30H2,(H,31,34). The molecule has 3 aliphatic carbocycles. The summed E-state index contributed by atoms with van der Waals surface area (Å²) in [4.78, 5) is 37.8. The SMILES string of the molecule is NC1CCCC(C(=O)OC(=O)C2CCCC(NC(=O)OCC3c4ccccc4-c4ccccc43)C2)C1. The van der Waals surface area contributed by atoms with Crippen molar-refractivity contribution >= 4 is 18.0 Å². The van der Waals surface area contributed by atoms with Crippen LogP contribution in [0, 0.1) is 11.8 Å². The van der Waals surface area contributed by atoms with Crippen LogP contribution >= 0.6 is 0 Å². The molecule has 0 heterocycles. The number of benzene rings is 2. The Hall–Kier alpha value is -3.19. The summed E-state index contributed by atoms with van der Waals surface area (Å²) in [7, 11) is 0. The van der Waals surface area contributed by atoms with Gasteiger partial charge in [0.1, 0.15) is 6.61 Å². The van der Waals surface area contributed by atoms with E-state index in [1.807, 2.05) is 24.3 Å². The average Bonchev–Trinajstić information content (AvgIpc) is 3.21. The molecule has 2 aromatic rings. The number of nitrogens with two attached hydrogens (primary N) is 1. The van der Waals surface area contributed by atoms with Crippen molar-refractivity contribution in [2.24, 2.45) is 17.6 Å². The summed E-state index contributed by atoms with van der Waals surface area (Å²) < 4.78 is 10.9. The molecule has 4 atom stereocenters. The highest BCUT2D eigenvalue weighted by Gasteiger charge is 2.34. The summed E-state index contributed by atoms with van der Waals surface area (Å²) >= 11 is 0. The largest absolute Gasteiger partial charge is 0.449 e. The third kappa shape index (κ3) is 5.31. The molecule has 0 bridgehead atoms. The Morgan fingerprint density at radius 1 is 0.806 bits per heavy atom. The molecule has 3 aliphatic rings. The Morgan fingerprint density at radius 3 is 2.03 bits per heavy atom. The zero-order chi connectivity index (χ0) is 25.1. The molecule has 2 aromatic carbocycles. The van der Waals surface area contributed by atoms with Gasteiger partial charge in [0, 0.05) is 18.0 Å². The van der Waals surface area contributed by atoms with Crippen molar-refractivity contribution in [3.05, 3.63) is 59.7 Å². The third-order valence-corrected chi connectivity index (χ3v) is 7.92. The van der Waals surface area contributed by atoms with Gasteiger partial charge in [-0.1, -0.05) is 61.4 Å². The van der Waals surface area contributed by atoms with Crippen LogP contribution in [-0.2, 0) is 19.1 Å². The third-order valence-electron chi connectivity index (χ3n) is 7.92. The maximum atomic E-state index is 12.7. The summed E-state index contributed by atoms with van der Waals surface area (Å²) in [6, 6.07) is 16.2. The smallest absolute Gasteiger partial charge is 0.407 e. The molecule has 0 aromatic heterocycles. The van der Waals surface area contributed by atoms with Crippen LogP contribution in [0.1, 0.15) is 68.4 Å². The molecule has 190 valence electrons. The number of nitrogens with one attached hydrogen (secondary N) is 1. The second-order valence-corrected chi connectivity index (χ2v) is 10.4. The molecule has 2 saturated carbocycles. The van der Waals surface area contributed by atoms with E-state index in [4.69, 9.17) is 15.2 Å². The number of hydrogen-bond donors (Lipinski definition) is 2. The predicted molar refractivity (Wildman–Crippen MR) is 135 cm³/mol. The van der Waals surface area contributed by atoms with Crippen LogP contribution < -0.4 is 11.1 Å². The van der Waals surface area contributed by atoms with E-state index in [1.54, 1.807) is 0 Å². The lowest BCUT2D eigenvalue weighted by atomic mass is 9.85. The fraction of sp³-hybridized carbons (Fsp3) is 0.483. The molecular weight excluding hydrogens is 456 g/mol. The van der Waals surface area contributed by atoms with Crippen LogP contribution in [0.4, 0.5) is 4.79 Å². The summed E-state index contributed by atoms with van der Waals surface area (Å²) in [6.07, 6.45) is 5.23. The maximum absolute atomic E-state index is 12.7. The minimum absolute atomic E-state index is 0.00356. The van der Waals surface area contributed by atoms with Gasteiger partial charge >= 0.3 is 18.0 Å². The number of esters is 2. The minimum Gasteiger partial charge on any atom is -0.449 e. The molecule has 3 N–H and O–H groups in total. The van der Waals surface area contributed by atoms with E-state index >= 15 is 0 Å². The van der Waals surface area contributed by atoms with Crippen LogP contribution in [0.25, 0.3) is 11.1 Å². The van der Waals surface area contributed by atoms with Crippen molar-refractivity contribution < 1.29 is 23.9 Å². The minimum atomic E-state index is -0.488. The van der Waals surface area contributed by atoms with E-state index in [-0.39, 0.29) is 30.5 Å². The number of carbonyl (C=O) groups is 3. The Bertz CT molecular complexity index is 1090. The van der Waals surface area contributed by atoms with E-state index in [0.29, 0.717) is 19.3 Å². The highest BCUT2D eigenvalue weighted by atomic mass is 16.6. The lowest BCUT2D eigenvalue weighted by Gasteiger charge is -2.29. The highest BCUT2D eigenvalue weighted by Crippen LogP contribution is 2.44. The Morgan fingerprint density at radius 2 is 1.39 bits per heavy atom. The van der Waals surface area contributed by atoms with E-state index in [0.717, 1.165) is 43.2 Å². The van der Waals surface area contributed by atoms with Crippen LogP contribution in [0.5, 0.6) is 0 Å². The van der Waals surface area contributed by atoms with Gasteiger partial charge < -0.3 is 20.5 Å². The first-order chi connectivity index (χ1) is 17.5. The second kappa shape index (κ2) is 10.8. The lowest BCUT2D eigenvalue weighted by molar-refractivity contribution is -0.167. The van der Waals surface area contributed by atoms with E-state index < -0.39 is 23.9 Å². The zero-order valence-electron chi connectivity index (χ0n) is 20.5. The fourth-order valence-corrected chi connectivity index (χ4v) is 6.05. The molecular formula is C29H34N2O5. The number of fused-ring (bicyclic) bond motifs is 3. The van der Waals surface area contributed by atoms with Crippen LogP contribution in [0.3, 0.4) is 0 Å². The highest BCUT2D eigenvalue weighted by molar-refractivity contribution is 5.88. The molecule has 2 fully saturated rings. The first-order valence-electron chi connectivity index (χ1n) is 13.1. The summed E-state index contributed by atoms with van der Waals surface area (Å²) in [5, 5.41) is 2.93. The number of carbonyl (C=O) groups excluding carboxylic acids is 3. The van der Waals surface area contributed by atoms with Gasteiger partial charge in [-0.3, -0.25) is 9.59 Å². The van der Waals surface area contributed by atoms with E-state index in [9.17, 15) is 14.4 Å². The molecule has 0 spiro atoms. The van der Waals surface area contributed by atoms with Crippen molar-refractivity contribution in [1.82, 2.24) is 5.32 Å². The molecule has 1 amide bonds. The van der Waals surface area contributed by atoms with Crippen LogP contribution in [0.2, 0.25) is 0 Å². The normalized spacial score (nSPS) is 25.4. The Labute approximate surface area is 211 Å². The van der Waals surface area contributed by atoms with Gasteiger partial charge in [-0.15, -0.1) is 0 Å². The van der Waals surface area contributed by atoms with Crippen molar-refractivity contribution in [1.29, 1.82) is 0 Å². The van der Waals surface area contributed by atoms with Gasteiger partial charge in [-0.25, -0.2) is 4.79 Å². The first-order valence-corrected chi connectivity index (χ1v) is 13.1. The van der Waals surface area contributed by atoms with Crippen LogP contribution in [0.15, 0.2) is 48.5 Å². The van der Waals surface area contributed by atoms with Crippen molar-refractivity contribution in [3.63, 3.8) is 0 Å². The summed E-state index contributed by atoms with van der Waals surface area (Å²) in [5.74, 6) is -1.65. The number of amides is 1. The Kier molecular flexibility index (Phi) is 7.37. The topological polar surface area (TPSA) is 108 Å². The average molecular weight is 491 g/mol. The van der Waals surface area contributed by atoms with Gasteiger partial charge in [0.2, 0.25) is 0 Å². The molecule has 5 rings (SSSR count). The number of ether oxygens (including phenoxy) is 2. The molecule has 7 nitrogen and oxygen atoms in total. The fourth-order valence-electron chi connectivity index (χ4n) is 6.05. The predicted octanol–water partition coefficient (Wildman–Crippen LogP) is 4.67. The van der Waals surface area contributed by atoms with Gasteiger partial charge in [0.25, 0.3) is 0 Å². The summed E-state index contributed by atoms with van der Waals surface area (Å²) in [5.41, 5.74) is 10.7. The van der Waals surface area contributed by atoms with Crippen molar-refractivity contribution in [3.8, 4) is 11.1 Å². The monoisotopic (exact) mass is 490 g/mol. The van der Waals surface area contributed by atoms with Gasteiger partial charge in [-0.05, 0) is 60.8 Å². The van der Waals surface area contributed by atoms with Gasteiger partial charge in [0.05, 0.1) is 11.8 Å². The molecule has 4 unspecified atom stereocenters. The van der Waals surface area contributed by atoms with Crippen molar-refractivity contribution in [2.45, 2.75) is 69.4 Å². The molecule has 7 heteroatoms. The molecule has 0 radical (unpaired) electrons. The maximum Gasteiger partial charge on any atom is 0.407 e. The summed E-state index contributed by atoms with van der Waals surface area (Å²) in [6.45, 7) is 0.246. The zero-order valence-corrected chi connectivity index (χ0v) is 20.5. The second-order valence-electron chi connectivity index (χ2n) is 10.4. The lowest BCUT2D eigenvalue weighted by Crippen LogP contribution is -2.41. The molecule has 0 saturated heterocycles. The number of alkyl carbamates (subject to hydrolysis) is 1. The Balaban J connectivity index is 1.12. The van der Waals surface area contributed by atoms with Crippen LogP contribution in [-0.4, -0.2) is 36.7 Å². The number of rotatable bonds is 5.